The van der Waals surface area contributed by atoms with E-state index >= 15 is 0 Å². The average molecular weight is 1260 g/mol. The number of esters is 10. The first-order valence-corrected chi connectivity index (χ1v) is 30.1. The van der Waals surface area contributed by atoms with Gasteiger partial charge in [-0.15, -0.1) is 0 Å². The molecule has 25 heteroatoms. The number of carbonyl (C=O) groups is 10. The Labute approximate surface area is 524 Å². The van der Waals surface area contributed by atoms with Gasteiger partial charge >= 0.3 is 59.7 Å². The fourth-order valence-electron chi connectivity index (χ4n) is 9.38. The topological polar surface area (TPSA) is 312 Å². The van der Waals surface area contributed by atoms with Gasteiger partial charge in [0.05, 0.1) is 104 Å². The van der Waals surface area contributed by atoms with Crippen LogP contribution in [0.15, 0.2) is 102 Å². The molecule has 478 valence electrons. The summed E-state index contributed by atoms with van der Waals surface area (Å²) in [4.78, 5) is 129. The van der Waals surface area contributed by atoms with Crippen molar-refractivity contribution in [2.75, 3.05) is 38.4 Å². The van der Waals surface area contributed by atoms with Crippen LogP contribution in [-0.4, -0.2) is 111 Å². The molecule has 24 nitrogen and oxygen atoms in total. The van der Waals surface area contributed by atoms with Gasteiger partial charge in [-0.2, -0.15) is 0 Å². The summed E-state index contributed by atoms with van der Waals surface area (Å²) in [5, 5.41) is 12.9. The summed E-state index contributed by atoms with van der Waals surface area (Å²) in [6.07, 6.45) is 2.97. The van der Waals surface area contributed by atoms with E-state index in [9.17, 15) is 53.2 Å². The van der Waals surface area contributed by atoms with E-state index in [2.05, 4.69) is 23.3 Å². The highest BCUT2D eigenvalue weighted by atomic mass is 32.2. The molecule has 3 unspecified atom stereocenters. The summed E-state index contributed by atoms with van der Waals surface area (Å²) >= 11 is 0.981. The van der Waals surface area contributed by atoms with E-state index in [1.54, 1.807) is 69.3 Å². The number of fused-ring (bicyclic) bond motifs is 1. The summed E-state index contributed by atoms with van der Waals surface area (Å²) in [7, 11) is 0. The maximum atomic E-state index is 13.7. The first-order chi connectivity index (χ1) is 43.2. The van der Waals surface area contributed by atoms with Gasteiger partial charge < -0.3 is 57.4 Å². The van der Waals surface area contributed by atoms with E-state index in [0.29, 0.717) is 80.6 Å². The number of anilines is 1. The Balaban J connectivity index is 0.886. The van der Waals surface area contributed by atoms with Gasteiger partial charge in [-0.05, 0) is 120 Å². The maximum absolute atomic E-state index is 13.7. The van der Waals surface area contributed by atoms with E-state index < -0.39 is 102 Å². The summed E-state index contributed by atoms with van der Waals surface area (Å²) in [6, 6.07) is 18.2. The third-order valence-corrected chi connectivity index (χ3v) is 15.5. The van der Waals surface area contributed by atoms with E-state index in [-0.39, 0.29) is 86.6 Å². The Kier molecular flexibility index (Phi) is 27.6. The number of nitrogens with one attached hydrogen (secondary N) is 1. The molecule has 2 aliphatic carbocycles. The highest BCUT2D eigenvalue weighted by molar-refractivity contribution is 8.03. The molecule has 0 aromatic heterocycles. The fraction of sp³-hybridized carbons (Fsp3) is 0.446. The molecule has 0 spiro atoms. The monoisotopic (exact) mass is 1260 g/mol. The molecule has 6 rings (SSSR count). The standard InChI is InChI=1S/C65H71N3O21S/c1-7-53(69)82-36-39(3)81-37-40(4)84-57(73)29-27-55(71)79-33-31-42-9-21-48(22-10-42)86-62(75)44-13-17-46(18-14-44)64(77)88-51-25-26-52(60-59(51)68-61(90-60)50(35-66)67-6)89-65(78)47-19-15-45(16-20-47)63(76)87-49-23-11-43(12-24-49)32-34-80-56(72)28-30-58(74)85-41(5)38-83-54(70)8-2/h7-12,21-26,39-41,44-47,68H,1-2,13-20,27-34,36-38H2,3-5H3/b61-50-. The van der Waals surface area contributed by atoms with Crippen molar-refractivity contribution in [2.24, 2.45) is 23.7 Å². The Bertz CT molecular complexity index is 3210. The predicted octanol–water partition coefficient (Wildman–Crippen LogP) is 8.91. The molecular weight excluding hydrogens is 1190 g/mol. The molecule has 2 saturated carbocycles. The molecular formula is C65H71N3O21S. The number of nitrogens with zero attached hydrogens (tertiary/aromatic N) is 2. The number of rotatable bonds is 31. The number of benzene rings is 3. The zero-order valence-corrected chi connectivity index (χ0v) is 51.0. The normalized spacial score (nSPS) is 18.0. The molecule has 0 bridgehead atoms. The Morgan fingerprint density at radius 3 is 1.37 bits per heavy atom. The van der Waals surface area contributed by atoms with Crippen molar-refractivity contribution in [1.29, 1.82) is 5.26 Å². The van der Waals surface area contributed by atoms with Crippen LogP contribution in [0.2, 0.25) is 0 Å². The highest BCUT2D eigenvalue weighted by Crippen LogP contribution is 2.52. The van der Waals surface area contributed by atoms with Crippen molar-refractivity contribution in [3.05, 3.63) is 119 Å². The third-order valence-electron chi connectivity index (χ3n) is 14.4. The Morgan fingerprint density at radius 1 is 0.556 bits per heavy atom. The molecule has 0 saturated heterocycles. The third kappa shape index (κ3) is 22.7. The smallest absolute Gasteiger partial charge is 0.330 e. The first kappa shape index (κ1) is 69.8. The molecule has 3 aliphatic rings. The molecule has 1 aliphatic heterocycles. The van der Waals surface area contributed by atoms with Gasteiger partial charge in [-0.25, -0.2) is 19.7 Å². The number of nitriles is 1. The van der Waals surface area contributed by atoms with Gasteiger partial charge in [-0.3, -0.25) is 38.4 Å². The summed E-state index contributed by atoms with van der Waals surface area (Å²) in [6.45, 7) is 19.0. The lowest BCUT2D eigenvalue weighted by Crippen LogP contribution is -2.30. The average Bonchev–Trinajstić information content (AvgIpc) is 1.83. The van der Waals surface area contributed by atoms with Crippen molar-refractivity contribution in [3.63, 3.8) is 0 Å². The molecule has 3 aromatic carbocycles. The van der Waals surface area contributed by atoms with Crippen LogP contribution in [0.4, 0.5) is 5.69 Å². The van der Waals surface area contributed by atoms with Crippen LogP contribution in [0, 0.1) is 41.6 Å². The lowest BCUT2D eigenvalue weighted by molar-refractivity contribution is -0.157. The van der Waals surface area contributed by atoms with Crippen LogP contribution in [0.3, 0.4) is 0 Å². The second-order valence-electron chi connectivity index (χ2n) is 21.3. The lowest BCUT2D eigenvalue weighted by Gasteiger charge is -2.26. The second kappa shape index (κ2) is 35.6. The Morgan fingerprint density at radius 2 is 0.944 bits per heavy atom. The van der Waals surface area contributed by atoms with Crippen LogP contribution in [-0.2, 0) is 93.9 Å². The van der Waals surface area contributed by atoms with Crippen LogP contribution >= 0.6 is 11.8 Å². The van der Waals surface area contributed by atoms with Gasteiger partial charge in [0.15, 0.2) is 5.75 Å². The molecule has 3 atom stereocenters. The Hall–Kier alpha value is -9.33. The maximum Gasteiger partial charge on any atom is 0.330 e. The number of carbonyl (C=O) groups excluding carboxylic acids is 10. The van der Waals surface area contributed by atoms with Crippen molar-refractivity contribution >= 4 is 77.1 Å². The summed E-state index contributed by atoms with van der Waals surface area (Å²) in [5.41, 5.74) is 1.57. The summed E-state index contributed by atoms with van der Waals surface area (Å²) < 4.78 is 59.3. The first-order valence-electron chi connectivity index (χ1n) is 29.3. The SMILES string of the molecule is [C-]#[N+]/C(C#N)=C1/Nc2c(OC(=O)C3CCC(C(=O)Oc4ccc(CCOC(=O)CCC(=O)OC(C)COC(C)COC(=O)C=C)cc4)CC3)ccc(OC(=O)C3CCC(C(=O)Oc4ccc(CCOC(=O)CCC(=O)OC(C)COC(=O)C=C)cc4)CC3)c2S1. The van der Waals surface area contributed by atoms with E-state index in [1.165, 1.54) is 12.1 Å². The minimum Gasteiger partial charge on any atom is -0.465 e. The molecule has 1 N–H and O–H groups in total. The highest BCUT2D eigenvalue weighted by Gasteiger charge is 2.37. The van der Waals surface area contributed by atoms with Gasteiger partial charge in [0.2, 0.25) is 0 Å². The van der Waals surface area contributed by atoms with Gasteiger partial charge in [-0.1, -0.05) is 49.2 Å². The molecule has 0 amide bonds. The molecule has 90 heavy (non-hydrogen) atoms. The lowest BCUT2D eigenvalue weighted by atomic mass is 9.82. The minimum atomic E-state index is -0.701. The van der Waals surface area contributed by atoms with Crippen LogP contribution in [0.5, 0.6) is 23.0 Å². The number of thioether (sulfide) groups is 1. The molecule has 2 fully saturated rings. The number of hydrogen-bond acceptors (Lipinski definition) is 24. The van der Waals surface area contributed by atoms with Crippen LogP contribution < -0.4 is 24.3 Å². The van der Waals surface area contributed by atoms with Gasteiger partial charge in [0.25, 0.3) is 5.70 Å². The number of ether oxygens (including phenoxy) is 11. The van der Waals surface area contributed by atoms with Crippen LogP contribution in [0.25, 0.3) is 4.85 Å². The second-order valence-corrected chi connectivity index (χ2v) is 22.3. The van der Waals surface area contributed by atoms with Crippen molar-refractivity contribution in [2.45, 2.75) is 134 Å². The molecule has 3 aromatic rings. The van der Waals surface area contributed by atoms with Crippen molar-refractivity contribution in [1.82, 2.24) is 0 Å². The van der Waals surface area contributed by atoms with Gasteiger partial charge in [0, 0.05) is 25.0 Å². The number of hydrogen-bond donors (Lipinski definition) is 1. The zero-order chi connectivity index (χ0) is 65.1. The predicted molar refractivity (Wildman–Crippen MR) is 318 cm³/mol. The van der Waals surface area contributed by atoms with Crippen molar-refractivity contribution < 1.29 is 100 Å². The zero-order valence-electron chi connectivity index (χ0n) is 50.2. The van der Waals surface area contributed by atoms with E-state index in [1.807, 2.05) is 6.07 Å². The van der Waals surface area contributed by atoms with Crippen LogP contribution in [0.1, 0.15) is 109 Å². The van der Waals surface area contributed by atoms with Crippen molar-refractivity contribution in [3.8, 4) is 29.1 Å². The van der Waals surface area contributed by atoms with E-state index in [4.69, 9.17) is 58.7 Å². The molecule has 0 radical (unpaired) electrons. The quantitative estimate of drug-likeness (QED) is 0.0157. The fourth-order valence-corrected chi connectivity index (χ4v) is 10.4. The minimum absolute atomic E-state index is 0.0132. The van der Waals surface area contributed by atoms with Gasteiger partial charge in [0.1, 0.15) is 42.7 Å². The largest absolute Gasteiger partial charge is 0.465 e. The molecule has 1 heterocycles. The van der Waals surface area contributed by atoms with E-state index in [0.717, 1.165) is 35.0 Å². The number of allylic oxidation sites excluding steroid dienone is 1. The summed E-state index contributed by atoms with van der Waals surface area (Å²) in [5.74, 6) is -6.92.